The molecule has 1 aliphatic rings. The van der Waals surface area contributed by atoms with Crippen molar-refractivity contribution in [1.82, 2.24) is 4.57 Å². The number of benzene rings is 1. The van der Waals surface area contributed by atoms with Crippen molar-refractivity contribution >= 4 is 5.71 Å². The summed E-state index contributed by atoms with van der Waals surface area (Å²) in [5, 5.41) is 7.96. The van der Waals surface area contributed by atoms with Gasteiger partial charge in [-0.15, -0.1) is 0 Å². The fourth-order valence-electron chi connectivity index (χ4n) is 3.54. The largest absolute Gasteiger partial charge is 0.364 e. The van der Waals surface area contributed by atoms with Crippen LogP contribution in [0.2, 0.25) is 0 Å². The molecule has 1 aliphatic heterocycles. The van der Waals surface area contributed by atoms with Gasteiger partial charge in [-0.25, -0.2) is 8.78 Å². The van der Waals surface area contributed by atoms with Crippen LogP contribution in [0.25, 0.3) is 0 Å². The molecule has 2 heterocycles. The third-order valence-electron chi connectivity index (χ3n) is 5.12. The zero-order valence-corrected chi connectivity index (χ0v) is 15.8. The first kappa shape index (κ1) is 19.5. The van der Waals surface area contributed by atoms with Gasteiger partial charge < -0.3 is 14.7 Å². The molecule has 5 heteroatoms. The van der Waals surface area contributed by atoms with Gasteiger partial charge in [-0.1, -0.05) is 26.0 Å². The second kappa shape index (κ2) is 8.17. The zero-order valence-electron chi connectivity index (χ0n) is 15.8. The Bertz CT molecular complexity index is 827. The van der Waals surface area contributed by atoms with E-state index in [0.717, 1.165) is 30.2 Å². The van der Waals surface area contributed by atoms with E-state index in [0.29, 0.717) is 25.1 Å². The molecule has 0 radical (unpaired) electrons. The summed E-state index contributed by atoms with van der Waals surface area (Å²) in [6.45, 7) is 4.93. The van der Waals surface area contributed by atoms with Gasteiger partial charge in [0.05, 0.1) is 13.2 Å². The van der Waals surface area contributed by atoms with Gasteiger partial charge in [-0.05, 0) is 42.5 Å². The summed E-state index contributed by atoms with van der Waals surface area (Å²) in [4.78, 5) is 0. The zero-order chi connectivity index (χ0) is 19.4. The molecule has 3 nitrogen and oxygen atoms in total. The van der Waals surface area contributed by atoms with Crippen molar-refractivity contribution < 1.29 is 13.5 Å². The first-order valence-corrected chi connectivity index (χ1v) is 9.35. The second-order valence-electron chi connectivity index (χ2n) is 7.52. The van der Waals surface area contributed by atoms with Crippen molar-refractivity contribution in [1.29, 1.82) is 5.41 Å². The van der Waals surface area contributed by atoms with E-state index in [1.54, 1.807) is 0 Å². The summed E-state index contributed by atoms with van der Waals surface area (Å²) in [5.74, 6) is -0.914. The van der Waals surface area contributed by atoms with Crippen molar-refractivity contribution in [2.24, 2.45) is 5.92 Å². The molecular weight excluding hydrogens is 346 g/mol. The van der Waals surface area contributed by atoms with Crippen molar-refractivity contribution in [2.75, 3.05) is 6.61 Å². The maximum Gasteiger partial charge on any atom is 0.132 e. The first-order chi connectivity index (χ1) is 12.9. The lowest BCUT2D eigenvalue weighted by atomic mass is 9.88. The first-order valence-electron chi connectivity index (χ1n) is 9.35. The summed E-state index contributed by atoms with van der Waals surface area (Å²) in [6.07, 6.45) is 7.99. The van der Waals surface area contributed by atoms with Crippen LogP contribution in [-0.4, -0.2) is 16.9 Å². The highest BCUT2D eigenvalue weighted by molar-refractivity contribution is 5.83. The Kier molecular flexibility index (Phi) is 5.90. The summed E-state index contributed by atoms with van der Waals surface area (Å²) in [7, 11) is 0. The van der Waals surface area contributed by atoms with Crippen molar-refractivity contribution in [3.05, 3.63) is 71.6 Å². The summed E-state index contributed by atoms with van der Waals surface area (Å²) < 4.78 is 36.1. The predicted molar refractivity (Wildman–Crippen MR) is 103 cm³/mol. The van der Waals surface area contributed by atoms with Gasteiger partial charge in [0.2, 0.25) is 0 Å². The van der Waals surface area contributed by atoms with Gasteiger partial charge in [-0.2, -0.15) is 0 Å². The minimum absolute atomic E-state index is 0.254. The highest BCUT2D eigenvalue weighted by Crippen LogP contribution is 2.41. The molecule has 2 aromatic rings. The Morgan fingerprint density at radius 1 is 1.30 bits per heavy atom. The predicted octanol–water partition coefficient (Wildman–Crippen LogP) is 5.46. The average Bonchev–Trinajstić information content (AvgIpc) is 3.25. The molecule has 1 aromatic heterocycles. The van der Waals surface area contributed by atoms with E-state index in [1.807, 2.05) is 42.9 Å². The maximum absolute atomic E-state index is 14.6. The number of ether oxygens (including phenoxy) is 1. The highest BCUT2D eigenvalue weighted by Gasteiger charge is 2.41. The SMILES string of the molecule is CC(C)C(=N)CCC=C1CO[C@@](Cn2cccc2)(c2ccc(F)cc2F)C1. The van der Waals surface area contributed by atoms with Crippen molar-refractivity contribution in [3.8, 4) is 0 Å². The van der Waals surface area contributed by atoms with E-state index in [9.17, 15) is 8.78 Å². The molecular formula is C22H26F2N2O. The minimum Gasteiger partial charge on any atom is -0.364 e. The Labute approximate surface area is 159 Å². The Morgan fingerprint density at radius 3 is 2.70 bits per heavy atom. The van der Waals surface area contributed by atoms with Crippen molar-refractivity contribution in [3.63, 3.8) is 0 Å². The molecule has 0 amide bonds. The molecule has 1 aromatic carbocycles. The van der Waals surface area contributed by atoms with Crippen LogP contribution in [0.5, 0.6) is 0 Å². The number of halogens is 2. The maximum atomic E-state index is 14.6. The quantitative estimate of drug-likeness (QED) is 0.508. The van der Waals surface area contributed by atoms with Crippen LogP contribution in [0.15, 0.2) is 54.4 Å². The topological polar surface area (TPSA) is 38.0 Å². The number of rotatable bonds is 7. The molecule has 27 heavy (non-hydrogen) atoms. The normalized spacial score (nSPS) is 21.3. The van der Waals surface area contributed by atoms with E-state index in [4.69, 9.17) is 10.1 Å². The number of hydrogen-bond acceptors (Lipinski definition) is 2. The molecule has 0 bridgehead atoms. The van der Waals surface area contributed by atoms with E-state index in [1.165, 1.54) is 12.1 Å². The molecule has 1 saturated heterocycles. The van der Waals surface area contributed by atoms with Crippen LogP contribution in [0, 0.1) is 23.0 Å². The summed E-state index contributed by atoms with van der Waals surface area (Å²) in [5.41, 5.74) is 1.36. The number of aromatic nitrogens is 1. The highest BCUT2D eigenvalue weighted by atomic mass is 19.1. The lowest BCUT2D eigenvalue weighted by Gasteiger charge is -2.29. The Morgan fingerprint density at radius 2 is 2.04 bits per heavy atom. The molecule has 1 fully saturated rings. The van der Waals surface area contributed by atoms with Gasteiger partial charge in [-0.3, -0.25) is 0 Å². The van der Waals surface area contributed by atoms with E-state index in [-0.39, 0.29) is 5.92 Å². The fourth-order valence-corrected chi connectivity index (χ4v) is 3.54. The van der Waals surface area contributed by atoms with Crippen LogP contribution < -0.4 is 0 Å². The Hall–Kier alpha value is -2.27. The van der Waals surface area contributed by atoms with Crippen LogP contribution in [0.3, 0.4) is 0 Å². The molecule has 0 unspecified atom stereocenters. The lowest BCUT2D eigenvalue weighted by molar-refractivity contribution is -0.0165. The van der Waals surface area contributed by atoms with Crippen molar-refractivity contribution in [2.45, 2.75) is 45.3 Å². The number of hydrogen-bond donors (Lipinski definition) is 1. The molecule has 0 spiro atoms. The molecule has 0 saturated carbocycles. The van der Waals surface area contributed by atoms with Crippen LogP contribution >= 0.6 is 0 Å². The summed E-state index contributed by atoms with van der Waals surface area (Å²) >= 11 is 0. The van der Waals surface area contributed by atoms with E-state index >= 15 is 0 Å². The van der Waals surface area contributed by atoms with Crippen LogP contribution in [-0.2, 0) is 16.9 Å². The molecule has 1 N–H and O–H groups in total. The van der Waals surface area contributed by atoms with Gasteiger partial charge in [0.1, 0.15) is 17.2 Å². The number of allylic oxidation sites excluding steroid dienone is 1. The number of nitrogens with one attached hydrogen (secondary N) is 1. The molecule has 0 aliphatic carbocycles. The lowest BCUT2D eigenvalue weighted by Crippen LogP contribution is -2.31. The van der Waals surface area contributed by atoms with Gasteiger partial charge in [0.25, 0.3) is 0 Å². The van der Waals surface area contributed by atoms with Crippen LogP contribution in [0.1, 0.15) is 38.7 Å². The smallest absolute Gasteiger partial charge is 0.132 e. The van der Waals surface area contributed by atoms with Gasteiger partial charge in [0, 0.05) is 36.2 Å². The summed E-state index contributed by atoms with van der Waals surface area (Å²) in [6, 6.07) is 7.52. The van der Waals surface area contributed by atoms with Gasteiger partial charge in [0.15, 0.2) is 0 Å². The van der Waals surface area contributed by atoms with Gasteiger partial charge >= 0.3 is 0 Å². The monoisotopic (exact) mass is 372 g/mol. The van der Waals surface area contributed by atoms with Crippen LogP contribution in [0.4, 0.5) is 8.78 Å². The minimum atomic E-state index is -0.853. The second-order valence-corrected chi connectivity index (χ2v) is 7.52. The Balaban J connectivity index is 1.83. The van der Waals surface area contributed by atoms with E-state index < -0.39 is 17.2 Å². The average molecular weight is 372 g/mol. The molecule has 1 atom stereocenters. The fraction of sp³-hybridized carbons (Fsp3) is 0.409. The number of nitrogens with zero attached hydrogens (tertiary/aromatic N) is 1. The molecule has 3 rings (SSSR count). The third-order valence-corrected chi connectivity index (χ3v) is 5.12. The third kappa shape index (κ3) is 4.53. The molecule has 144 valence electrons. The van der Waals surface area contributed by atoms with E-state index in [2.05, 4.69) is 6.08 Å². The standard InChI is InChI=1S/C22H26F2N2O/c1-16(2)21(25)7-5-6-17-13-22(27-14-17,15-26-10-3-4-11-26)19-9-8-18(23)12-20(19)24/h3-4,6,8-12,16,25H,5,7,13-15H2,1-2H3/t22-/m0/s1.